The summed E-state index contributed by atoms with van der Waals surface area (Å²) in [5, 5.41) is 13.0. The Balaban J connectivity index is 1.76. The van der Waals surface area contributed by atoms with Crippen molar-refractivity contribution in [2.24, 2.45) is 0 Å². The van der Waals surface area contributed by atoms with Gasteiger partial charge in [0.2, 0.25) is 5.89 Å². The van der Waals surface area contributed by atoms with Crippen LogP contribution >= 0.6 is 11.8 Å². The number of fused-ring (bicyclic) bond motifs is 1. The number of hydrogen-bond donors (Lipinski definition) is 1. The maximum Gasteiger partial charge on any atom is 0.276 e. The SMILES string of the molecule is CCNC(CSc1nnc(C)o1)c1cc2ccccc2o1. The molecule has 0 fully saturated rings. The molecule has 0 saturated heterocycles. The molecule has 0 amide bonds. The highest BCUT2D eigenvalue weighted by Crippen LogP contribution is 2.28. The van der Waals surface area contributed by atoms with Gasteiger partial charge in [0.25, 0.3) is 5.22 Å². The third-order valence-electron chi connectivity index (χ3n) is 3.12. The maximum atomic E-state index is 5.93. The van der Waals surface area contributed by atoms with Crippen LogP contribution in [0.5, 0.6) is 0 Å². The van der Waals surface area contributed by atoms with Crippen molar-refractivity contribution in [2.45, 2.75) is 25.1 Å². The lowest BCUT2D eigenvalue weighted by Gasteiger charge is -2.13. The van der Waals surface area contributed by atoms with Crippen molar-refractivity contribution in [1.29, 1.82) is 0 Å². The largest absolute Gasteiger partial charge is 0.459 e. The molecule has 0 saturated carbocycles. The summed E-state index contributed by atoms with van der Waals surface area (Å²) in [6.07, 6.45) is 0. The number of furan rings is 1. The van der Waals surface area contributed by atoms with E-state index in [-0.39, 0.29) is 6.04 Å². The van der Waals surface area contributed by atoms with Crippen LogP contribution in [-0.4, -0.2) is 22.5 Å². The van der Waals surface area contributed by atoms with E-state index in [0.717, 1.165) is 29.0 Å². The fourth-order valence-electron chi connectivity index (χ4n) is 2.15. The Bertz CT molecular complexity index is 689. The second-order valence-corrected chi connectivity index (χ2v) is 5.67. The topological polar surface area (TPSA) is 64.1 Å². The minimum absolute atomic E-state index is 0.111. The van der Waals surface area contributed by atoms with Crippen molar-refractivity contribution in [1.82, 2.24) is 15.5 Å². The summed E-state index contributed by atoms with van der Waals surface area (Å²) in [6.45, 7) is 4.74. The molecule has 0 radical (unpaired) electrons. The highest BCUT2D eigenvalue weighted by atomic mass is 32.2. The van der Waals surface area contributed by atoms with Gasteiger partial charge in [-0.2, -0.15) is 0 Å². The molecule has 1 atom stereocenters. The number of benzene rings is 1. The van der Waals surface area contributed by atoms with E-state index in [2.05, 4.69) is 34.6 Å². The third-order valence-corrected chi connectivity index (χ3v) is 4.03. The number of thioether (sulfide) groups is 1. The predicted molar refractivity (Wildman–Crippen MR) is 82.4 cm³/mol. The molecule has 2 aromatic heterocycles. The van der Waals surface area contributed by atoms with Gasteiger partial charge in [0, 0.05) is 18.1 Å². The molecule has 1 N–H and O–H groups in total. The van der Waals surface area contributed by atoms with Crippen LogP contribution < -0.4 is 5.32 Å². The van der Waals surface area contributed by atoms with Gasteiger partial charge < -0.3 is 14.2 Å². The monoisotopic (exact) mass is 303 g/mol. The lowest BCUT2D eigenvalue weighted by molar-refractivity contribution is 0.426. The number of rotatable bonds is 6. The average molecular weight is 303 g/mol. The highest BCUT2D eigenvalue weighted by Gasteiger charge is 2.17. The van der Waals surface area contributed by atoms with Crippen LogP contribution in [0.25, 0.3) is 11.0 Å². The van der Waals surface area contributed by atoms with Gasteiger partial charge in [-0.3, -0.25) is 0 Å². The van der Waals surface area contributed by atoms with Crippen LogP contribution in [0, 0.1) is 6.92 Å². The molecule has 0 aliphatic carbocycles. The molecule has 3 rings (SSSR count). The first-order valence-electron chi connectivity index (χ1n) is 6.91. The van der Waals surface area contributed by atoms with Crippen LogP contribution in [0.2, 0.25) is 0 Å². The first kappa shape index (κ1) is 14.2. The minimum Gasteiger partial charge on any atom is -0.459 e. The molecule has 21 heavy (non-hydrogen) atoms. The summed E-state index contributed by atoms with van der Waals surface area (Å²) in [5.41, 5.74) is 0.911. The number of aromatic nitrogens is 2. The Morgan fingerprint density at radius 3 is 2.81 bits per heavy atom. The molecule has 0 bridgehead atoms. The molecule has 5 nitrogen and oxygen atoms in total. The van der Waals surface area contributed by atoms with Crippen LogP contribution in [0.15, 0.2) is 44.4 Å². The molecule has 6 heteroatoms. The molecule has 0 aliphatic rings. The van der Waals surface area contributed by atoms with E-state index in [1.54, 1.807) is 6.92 Å². The Hall–Kier alpha value is -1.79. The van der Waals surface area contributed by atoms with Gasteiger partial charge in [-0.1, -0.05) is 36.9 Å². The molecule has 1 unspecified atom stereocenters. The predicted octanol–water partition coefficient (Wildman–Crippen LogP) is 3.57. The van der Waals surface area contributed by atoms with E-state index in [1.807, 2.05) is 18.2 Å². The van der Waals surface area contributed by atoms with Gasteiger partial charge >= 0.3 is 0 Å². The first-order chi connectivity index (χ1) is 10.3. The number of aryl methyl sites for hydroxylation is 1. The van der Waals surface area contributed by atoms with Crippen LogP contribution in [0.4, 0.5) is 0 Å². The third kappa shape index (κ3) is 3.28. The van der Waals surface area contributed by atoms with Crippen molar-refractivity contribution < 1.29 is 8.83 Å². The average Bonchev–Trinajstić information content (AvgIpc) is 3.09. The summed E-state index contributed by atoms with van der Waals surface area (Å²) in [5.74, 6) is 2.29. The van der Waals surface area contributed by atoms with Crippen molar-refractivity contribution >= 4 is 22.7 Å². The smallest absolute Gasteiger partial charge is 0.276 e. The zero-order valence-electron chi connectivity index (χ0n) is 12.0. The van der Waals surface area contributed by atoms with Gasteiger partial charge in [0.1, 0.15) is 11.3 Å². The zero-order valence-corrected chi connectivity index (χ0v) is 12.8. The van der Waals surface area contributed by atoms with E-state index < -0.39 is 0 Å². The van der Waals surface area contributed by atoms with Crippen molar-refractivity contribution in [3.05, 3.63) is 42.0 Å². The number of hydrogen-bond acceptors (Lipinski definition) is 6. The molecule has 0 spiro atoms. The number of para-hydroxylation sites is 1. The second-order valence-electron chi connectivity index (χ2n) is 4.69. The van der Waals surface area contributed by atoms with E-state index in [9.17, 15) is 0 Å². The van der Waals surface area contributed by atoms with E-state index in [1.165, 1.54) is 11.8 Å². The Kier molecular flexibility index (Phi) is 4.26. The summed E-state index contributed by atoms with van der Waals surface area (Å²) in [7, 11) is 0. The molecule has 3 aromatic rings. The molecular formula is C15H17N3O2S. The molecular weight excluding hydrogens is 286 g/mol. The number of nitrogens with zero attached hydrogens (tertiary/aromatic N) is 2. The minimum atomic E-state index is 0.111. The molecule has 110 valence electrons. The lowest BCUT2D eigenvalue weighted by Crippen LogP contribution is -2.22. The lowest BCUT2D eigenvalue weighted by atomic mass is 10.2. The summed E-state index contributed by atoms with van der Waals surface area (Å²) in [6, 6.07) is 10.2. The molecule has 1 aromatic carbocycles. The Morgan fingerprint density at radius 2 is 2.10 bits per heavy atom. The highest BCUT2D eigenvalue weighted by molar-refractivity contribution is 7.99. The fraction of sp³-hybridized carbons (Fsp3) is 0.333. The summed E-state index contributed by atoms with van der Waals surface area (Å²) < 4.78 is 11.3. The van der Waals surface area contributed by atoms with E-state index >= 15 is 0 Å². The normalized spacial score (nSPS) is 12.9. The van der Waals surface area contributed by atoms with Gasteiger partial charge in [-0.25, -0.2) is 0 Å². The van der Waals surface area contributed by atoms with Crippen LogP contribution in [0.3, 0.4) is 0 Å². The second kappa shape index (κ2) is 6.32. The standard InChI is InChI=1S/C15H17N3O2S/c1-3-16-12(9-21-15-18-17-10(2)19-15)14-8-11-6-4-5-7-13(11)20-14/h4-8,12,16H,3,9H2,1-2H3. The Morgan fingerprint density at radius 1 is 1.24 bits per heavy atom. The Labute approximate surface area is 127 Å². The zero-order chi connectivity index (χ0) is 14.7. The fourth-order valence-corrected chi connectivity index (χ4v) is 3.02. The van der Waals surface area contributed by atoms with Crippen LogP contribution in [-0.2, 0) is 0 Å². The molecule has 2 heterocycles. The van der Waals surface area contributed by atoms with E-state index in [4.69, 9.17) is 8.83 Å². The summed E-state index contributed by atoms with van der Waals surface area (Å²) in [4.78, 5) is 0. The summed E-state index contributed by atoms with van der Waals surface area (Å²) >= 11 is 1.53. The number of nitrogens with one attached hydrogen (secondary N) is 1. The van der Waals surface area contributed by atoms with Crippen molar-refractivity contribution in [3.63, 3.8) is 0 Å². The van der Waals surface area contributed by atoms with Gasteiger partial charge in [-0.05, 0) is 18.7 Å². The van der Waals surface area contributed by atoms with Gasteiger partial charge in [0.15, 0.2) is 0 Å². The van der Waals surface area contributed by atoms with Crippen molar-refractivity contribution in [3.8, 4) is 0 Å². The quantitative estimate of drug-likeness (QED) is 0.702. The van der Waals surface area contributed by atoms with Gasteiger partial charge in [-0.15, -0.1) is 10.2 Å². The van der Waals surface area contributed by atoms with Crippen molar-refractivity contribution in [2.75, 3.05) is 12.3 Å². The van der Waals surface area contributed by atoms with Gasteiger partial charge in [0.05, 0.1) is 6.04 Å². The molecule has 0 aliphatic heterocycles. The van der Waals surface area contributed by atoms with E-state index in [0.29, 0.717) is 11.1 Å². The van der Waals surface area contributed by atoms with Crippen LogP contribution in [0.1, 0.15) is 24.6 Å². The maximum absolute atomic E-state index is 5.93. The first-order valence-corrected chi connectivity index (χ1v) is 7.89.